The van der Waals surface area contributed by atoms with E-state index in [9.17, 15) is 4.79 Å². The summed E-state index contributed by atoms with van der Waals surface area (Å²) >= 11 is 0. The van der Waals surface area contributed by atoms with E-state index in [0.717, 1.165) is 0 Å². The van der Waals surface area contributed by atoms with Gasteiger partial charge < -0.3 is 10.6 Å². The van der Waals surface area contributed by atoms with E-state index in [1.165, 1.54) is 17.3 Å². The number of hydrogen-bond donors (Lipinski definition) is 1. The molecule has 78 valence electrons. The Morgan fingerprint density at radius 1 is 1.73 bits per heavy atom. The van der Waals surface area contributed by atoms with Crippen LogP contribution in [0, 0.1) is 11.3 Å². The summed E-state index contributed by atoms with van der Waals surface area (Å²) in [5.41, 5.74) is 6.41. The van der Waals surface area contributed by atoms with Gasteiger partial charge in [-0.25, -0.2) is 0 Å². The minimum atomic E-state index is -0.212. The molecule has 1 aromatic heterocycles. The third kappa shape index (κ3) is 2.68. The van der Waals surface area contributed by atoms with Gasteiger partial charge in [0.1, 0.15) is 0 Å². The molecule has 15 heavy (non-hydrogen) atoms. The van der Waals surface area contributed by atoms with Gasteiger partial charge in [-0.2, -0.15) is 5.26 Å². The molecule has 0 aliphatic carbocycles. The fourth-order valence-electron chi connectivity index (χ4n) is 1.11. The van der Waals surface area contributed by atoms with Gasteiger partial charge in [0, 0.05) is 31.7 Å². The van der Waals surface area contributed by atoms with E-state index in [2.05, 4.69) is 4.98 Å². The van der Waals surface area contributed by atoms with Crippen molar-refractivity contribution in [1.29, 1.82) is 5.26 Å². The molecule has 0 saturated carbocycles. The number of carbonyl (C=O) groups is 1. The summed E-state index contributed by atoms with van der Waals surface area (Å²) in [6, 6.07) is 3.55. The minimum absolute atomic E-state index is 0.212. The zero-order chi connectivity index (χ0) is 11.3. The van der Waals surface area contributed by atoms with E-state index >= 15 is 0 Å². The van der Waals surface area contributed by atoms with Crippen LogP contribution in [-0.2, 0) is 0 Å². The van der Waals surface area contributed by atoms with Crippen molar-refractivity contribution < 1.29 is 4.79 Å². The fourth-order valence-corrected chi connectivity index (χ4v) is 1.11. The molecule has 0 unspecified atom stereocenters. The Balaban J connectivity index is 2.77. The molecule has 0 bridgehead atoms. The molecule has 5 heteroatoms. The first-order chi connectivity index (χ1) is 7.16. The van der Waals surface area contributed by atoms with Crippen molar-refractivity contribution in [2.75, 3.05) is 19.3 Å². The van der Waals surface area contributed by atoms with Gasteiger partial charge in [0.15, 0.2) is 0 Å². The number of amides is 1. The van der Waals surface area contributed by atoms with Crippen molar-refractivity contribution in [3.63, 3.8) is 0 Å². The zero-order valence-corrected chi connectivity index (χ0v) is 8.47. The van der Waals surface area contributed by atoms with Gasteiger partial charge >= 0.3 is 0 Å². The van der Waals surface area contributed by atoms with Gasteiger partial charge in [-0.1, -0.05) is 0 Å². The van der Waals surface area contributed by atoms with E-state index in [0.29, 0.717) is 24.2 Å². The smallest absolute Gasteiger partial charge is 0.257 e. The number of nitrogens with zero attached hydrogens (tertiary/aromatic N) is 3. The van der Waals surface area contributed by atoms with Crippen LogP contribution in [0.15, 0.2) is 18.5 Å². The molecule has 0 aromatic carbocycles. The highest BCUT2D eigenvalue weighted by Crippen LogP contribution is 2.11. The number of rotatable bonds is 3. The molecule has 0 aliphatic rings. The van der Waals surface area contributed by atoms with Gasteiger partial charge in [0.05, 0.1) is 18.1 Å². The van der Waals surface area contributed by atoms with Gasteiger partial charge in [-0.15, -0.1) is 0 Å². The highest BCUT2D eigenvalue weighted by atomic mass is 16.2. The number of nitriles is 1. The standard InChI is InChI=1S/C10H12N4O/c1-14(6-2-4-11)10(15)8-7-13-5-3-9(8)12/h3,5,7H,2,6H2,1H3,(H2,12,13). The Morgan fingerprint density at radius 3 is 3.07 bits per heavy atom. The van der Waals surface area contributed by atoms with Crippen LogP contribution >= 0.6 is 0 Å². The molecule has 0 aliphatic heterocycles. The van der Waals surface area contributed by atoms with Crippen LogP contribution < -0.4 is 5.73 Å². The lowest BCUT2D eigenvalue weighted by Gasteiger charge is -2.15. The molecule has 0 atom stereocenters. The number of carbonyl (C=O) groups excluding carboxylic acids is 1. The quantitative estimate of drug-likeness (QED) is 0.783. The molecular weight excluding hydrogens is 192 g/mol. The maximum Gasteiger partial charge on any atom is 0.257 e. The summed E-state index contributed by atoms with van der Waals surface area (Å²) in [4.78, 5) is 17.1. The molecule has 0 spiro atoms. The summed E-state index contributed by atoms with van der Waals surface area (Å²) in [6.07, 6.45) is 3.27. The second kappa shape index (κ2) is 4.96. The van der Waals surface area contributed by atoms with Crippen LogP contribution in [0.2, 0.25) is 0 Å². The lowest BCUT2D eigenvalue weighted by molar-refractivity contribution is 0.0798. The maximum atomic E-state index is 11.8. The Hall–Kier alpha value is -2.09. The van der Waals surface area contributed by atoms with Crippen LogP contribution in [0.3, 0.4) is 0 Å². The van der Waals surface area contributed by atoms with E-state index in [1.807, 2.05) is 6.07 Å². The van der Waals surface area contributed by atoms with Gasteiger partial charge in [0.2, 0.25) is 0 Å². The lowest BCUT2D eigenvalue weighted by Crippen LogP contribution is -2.28. The number of anilines is 1. The summed E-state index contributed by atoms with van der Waals surface area (Å²) < 4.78 is 0. The Bertz CT molecular complexity index is 397. The van der Waals surface area contributed by atoms with Gasteiger partial charge in [-0.05, 0) is 6.07 Å². The van der Waals surface area contributed by atoms with E-state index in [-0.39, 0.29) is 5.91 Å². The first-order valence-electron chi connectivity index (χ1n) is 4.48. The predicted octanol–water partition coefficient (Wildman–Crippen LogP) is 0.649. The summed E-state index contributed by atoms with van der Waals surface area (Å²) in [7, 11) is 1.63. The van der Waals surface area contributed by atoms with E-state index < -0.39 is 0 Å². The molecule has 2 N–H and O–H groups in total. The van der Waals surface area contributed by atoms with Crippen molar-refractivity contribution in [3.8, 4) is 6.07 Å². The van der Waals surface area contributed by atoms with E-state index in [4.69, 9.17) is 11.0 Å². The van der Waals surface area contributed by atoms with Crippen LogP contribution in [0.5, 0.6) is 0 Å². The molecular formula is C10H12N4O. The first-order valence-corrected chi connectivity index (χ1v) is 4.48. The summed E-state index contributed by atoms with van der Waals surface area (Å²) in [6.45, 7) is 0.393. The van der Waals surface area contributed by atoms with Crippen LogP contribution in [0.1, 0.15) is 16.8 Å². The molecule has 1 amide bonds. The zero-order valence-electron chi connectivity index (χ0n) is 8.47. The number of pyridine rings is 1. The second-order valence-corrected chi connectivity index (χ2v) is 3.10. The van der Waals surface area contributed by atoms with E-state index in [1.54, 1.807) is 13.1 Å². The molecule has 0 fully saturated rings. The highest BCUT2D eigenvalue weighted by Gasteiger charge is 2.13. The van der Waals surface area contributed by atoms with Crippen molar-refractivity contribution in [1.82, 2.24) is 9.88 Å². The highest BCUT2D eigenvalue weighted by molar-refractivity contribution is 5.98. The molecule has 1 heterocycles. The summed E-state index contributed by atoms with van der Waals surface area (Å²) in [5.74, 6) is -0.212. The van der Waals surface area contributed by atoms with Crippen molar-refractivity contribution in [2.45, 2.75) is 6.42 Å². The SMILES string of the molecule is CN(CCC#N)C(=O)c1cnccc1N. The fraction of sp³-hybridized carbons (Fsp3) is 0.300. The van der Waals surface area contributed by atoms with Crippen LogP contribution in [-0.4, -0.2) is 29.4 Å². The lowest BCUT2D eigenvalue weighted by atomic mass is 10.2. The van der Waals surface area contributed by atoms with Gasteiger partial charge in [-0.3, -0.25) is 9.78 Å². The maximum absolute atomic E-state index is 11.8. The Morgan fingerprint density at radius 2 is 2.47 bits per heavy atom. The normalized spacial score (nSPS) is 9.33. The number of nitrogen functional groups attached to an aromatic ring is 1. The molecule has 0 saturated heterocycles. The average molecular weight is 204 g/mol. The van der Waals surface area contributed by atoms with Gasteiger partial charge in [0.25, 0.3) is 5.91 Å². The minimum Gasteiger partial charge on any atom is -0.398 e. The third-order valence-electron chi connectivity index (χ3n) is 1.99. The predicted molar refractivity (Wildman–Crippen MR) is 55.8 cm³/mol. The summed E-state index contributed by atoms with van der Waals surface area (Å²) in [5, 5.41) is 8.40. The molecule has 0 radical (unpaired) electrons. The number of aromatic nitrogens is 1. The van der Waals surface area contributed by atoms with Crippen LogP contribution in [0.4, 0.5) is 5.69 Å². The number of hydrogen-bond acceptors (Lipinski definition) is 4. The average Bonchev–Trinajstić information content (AvgIpc) is 2.25. The Labute approximate surface area is 88.1 Å². The van der Waals surface area contributed by atoms with Crippen molar-refractivity contribution in [2.24, 2.45) is 0 Å². The third-order valence-corrected chi connectivity index (χ3v) is 1.99. The monoisotopic (exact) mass is 204 g/mol. The second-order valence-electron chi connectivity index (χ2n) is 3.10. The molecule has 1 aromatic rings. The van der Waals surface area contributed by atoms with Crippen molar-refractivity contribution >= 4 is 11.6 Å². The topological polar surface area (TPSA) is 83.0 Å². The largest absolute Gasteiger partial charge is 0.398 e. The van der Waals surface area contributed by atoms with Crippen LogP contribution in [0.25, 0.3) is 0 Å². The molecule has 5 nitrogen and oxygen atoms in total. The molecule has 1 rings (SSSR count). The number of nitrogens with two attached hydrogens (primary N) is 1. The first kappa shape index (κ1) is 11.0. The Kier molecular flexibility index (Phi) is 3.63. The van der Waals surface area contributed by atoms with Crippen molar-refractivity contribution in [3.05, 3.63) is 24.0 Å².